The minimum atomic E-state index is 0.648. The second kappa shape index (κ2) is 10.8. The third kappa shape index (κ3) is 4.41. The van der Waals surface area contributed by atoms with Crippen LogP contribution in [0, 0.1) is 0 Å². The third-order valence-corrected chi connectivity index (χ3v) is 8.92. The molecule has 1 heterocycles. The summed E-state index contributed by atoms with van der Waals surface area (Å²) in [6, 6.07) is 57.5. The van der Waals surface area contributed by atoms with E-state index < -0.39 is 0 Å². The Kier molecular flexibility index (Phi) is 6.14. The lowest BCUT2D eigenvalue weighted by Gasteiger charge is -2.13. The van der Waals surface area contributed by atoms with E-state index in [9.17, 15) is 0 Å². The zero-order valence-corrected chi connectivity index (χ0v) is 24.9. The Morgan fingerprint density at radius 1 is 0.261 bits per heavy atom. The number of nitrogens with zero attached hydrogens (tertiary/aromatic N) is 3. The van der Waals surface area contributed by atoms with Gasteiger partial charge in [-0.25, -0.2) is 15.0 Å². The largest absolute Gasteiger partial charge is 0.208 e. The number of benzene rings is 8. The molecule has 0 N–H and O–H groups in total. The van der Waals surface area contributed by atoms with E-state index in [4.69, 9.17) is 15.0 Å². The normalized spacial score (nSPS) is 11.5. The molecule has 9 aromatic rings. The molecule has 0 amide bonds. The molecule has 8 aromatic carbocycles. The zero-order valence-electron chi connectivity index (χ0n) is 24.9. The molecule has 0 radical (unpaired) electrons. The highest BCUT2D eigenvalue weighted by Crippen LogP contribution is 2.36. The van der Waals surface area contributed by atoms with Crippen LogP contribution >= 0.6 is 0 Å². The van der Waals surface area contributed by atoms with Crippen LogP contribution in [0.4, 0.5) is 0 Å². The molecule has 0 aliphatic rings. The summed E-state index contributed by atoms with van der Waals surface area (Å²) in [5, 5.41) is 9.41. The van der Waals surface area contributed by atoms with E-state index >= 15 is 0 Å². The monoisotopic (exact) mass is 585 g/mol. The molecule has 46 heavy (non-hydrogen) atoms. The third-order valence-electron chi connectivity index (χ3n) is 8.92. The summed E-state index contributed by atoms with van der Waals surface area (Å²) in [7, 11) is 0. The van der Waals surface area contributed by atoms with Crippen molar-refractivity contribution in [2.45, 2.75) is 0 Å². The Labute approximate surface area is 266 Å². The van der Waals surface area contributed by atoms with Crippen LogP contribution in [0.3, 0.4) is 0 Å². The van der Waals surface area contributed by atoms with Crippen LogP contribution in [-0.4, -0.2) is 15.0 Å². The molecule has 0 saturated heterocycles. The van der Waals surface area contributed by atoms with E-state index in [2.05, 4.69) is 164 Å². The number of rotatable bonds is 4. The minimum absolute atomic E-state index is 0.648. The Balaban J connectivity index is 1.27. The summed E-state index contributed by atoms with van der Waals surface area (Å²) in [4.78, 5) is 15.5. The van der Waals surface area contributed by atoms with Crippen molar-refractivity contribution in [2.75, 3.05) is 0 Å². The first-order valence-electron chi connectivity index (χ1n) is 15.5. The summed E-state index contributed by atoms with van der Waals surface area (Å²) in [6.07, 6.45) is 0. The van der Waals surface area contributed by atoms with Gasteiger partial charge in [0.1, 0.15) is 0 Å². The highest BCUT2D eigenvalue weighted by Gasteiger charge is 2.17. The van der Waals surface area contributed by atoms with Gasteiger partial charge in [-0.2, -0.15) is 0 Å². The van der Waals surface area contributed by atoms with Gasteiger partial charge in [0.05, 0.1) is 0 Å². The Morgan fingerprint density at radius 3 is 1.41 bits per heavy atom. The maximum Gasteiger partial charge on any atom is 0.164 e. The first-order valence-corrected chi connectivity index (χ1v) is 15.5. The molecule has 3 heteroatoms. The van der Waals surface area contributed by atoms with Crippen LogP contribution in [0.1, 0.15) is 0 Å². The average Bonchev–Trinajstić information content (AvgIpc) is 3.14. The molecule has 0 spiro atoms. The SMILES string of the molecule is c1ccc2c(-c3ccc(-c4nc(-c5cccc6ccccc56)nc(-c5cc6ccccc6c6ccccc56)n4)cc3)cccc2c1. The topological polar surface area (TPSA) is 38.7 Å². The lowest BCUT2D eigenvalue weighted by molar-refractivity contribution is 1.08. The maximum atomic E-state index is 5.18. The van der Waals surface area contributed by atoms with Gasteiger partial charge in [-0.15, -0.1) is 0 Å². The Hall–Kier alpha value is -6.19. The van der Waals surface area contributed by atoms with Crippen LogP contribution in [0.2, 0.25) is 0 Å². The van der Waals surface area contributed by atoms with Crippen molar-refractivity contribution >= 4 is 43.1 Å². The molecule has 0 aliphatic heterocycles. The lowest BCUT2D eigenvalue weighted by atomic mass is 9.96. The van der Waals surface area contributed by atoms with Crippen molar-refractivity contribution in [3.8, 4) is 45.3 Å². The zero-order chi connectivity index (χ0) is 30.5. The summed E-state index contributed by atoms with van der Waals surface area (Å²) >= 11 is 0. The maximum absolute atomic E-state index is 5.18. The van der Waals surface area contributed by atoms with Crippen molar-refractivity contribution in [1.82, 2.24) is 15.0 Å². The molecule has 1 aromatic heterocycles. The molecular weight excluding hydrogens is 558 g/mol. The van der Waals surface area contributed by atoms with E-state index in [1.807, 2.05) is 0 Å². The summed E-state index contributed by atoms with van der Waals surface area (Å²) in [5.74, 6) is 1.97. The molecule has 3 nitrogen and oxygen atoms in total. The smallest absolute Gasteiger partial charge is 0.164 e. The van der Waals surface area contributed by atoms with Gasteiger partial charge in [-0.05, 0) is 60.3 Å². The van der Waals surface area contributed by atoms with Gasteiger partial charge in [-0.1, -0.05) is 158 Å². The molecule has 0 bridgehead atoms. The van der Waals surface area contributed by atoms with Crippen LogP contribution in [0.5, 0.6) is 0 Å². The van der Waals surface area contributed by atoms with Crippen molar-refractivity contribution in [3.05, 3.63) is 164 Å². The molecular formula is C43H27N3. The van der Waals surface area contributed by atoms with Crippen LogP contribution in [-0.2, 0) is 0 Å². The first-order chi connectivity index (χ1) is 22.8. The van der Waals surface area contributed by atoms with Gasteiger partial charge in [0.25, 0.3) is 0 Å². The van der Waals surface area contributed by atoms with Gasteiger partial charge >= 0.3 is 0 Å². The second-order valence-corrected chi connectivity index (χ2v) is 11.6. The first kappa shape index (κ1) is 26.2. The van der Waals surface area contributed by atoms with Crippen LogP contribution in [0.15, 0.2) is 164 Å². The number of fused-ring (bicyclic) bond motifs is 5. The summed E-state index contributed by atoms with van der Waals surface area (Å²) in [5.41, 5.74) is 5.29. The van der Waals surface area contributed by atoms with Crippen LogP contribution < -0.4 is 0 Å². The van der Waals surface area contributed by atoms with Gasteiger partial charge in [0, 0.05) is 16.7 Å². The van der Waals surface area contributed by atoms with E-state index in [0.717, 1.165) is 43.8 Å². The fourth-order valence-corrected chi connectivity index (χ4v) is 6.68. The number of hydrogen-bond acceptors (Lipinski definition) is 3. The second-order valence-electron chi connectivity index (χ2n) is 11.6. The van der Waals surface area contributed by atoms with E-state index in [0.29, 0.717) is 17.5 Å². The van der Waals surface area contributed by atoms with Gasteiger partial charge in [0.2, 0.25) is 0 Å². The standard InChI is InChI=1S/C43H27N3/c1-4-16-33-28(11-1)14-9-21-34(33)30-23-25-31(26-24-30)41-44-42(39-22-10-15-29-12-2-5-17-35(29)39)46-43(45-41)40-27-32-13-3-6-18-36(32)37-19-7-8-20-38(37)40/h1-27H. The van der Waals surface area contributed by atoms with Crippen molar-refractivity contribution in [2.24, 2.45) is 0 Å². The van der Waals surface area contributed by atoms with Crippen molar-refractivity contribution < 1.29 is 0 Å². The van der Waals surface area contributed by atoms with Gasteiger partial charge in [0.15, 0.2) is 17.5 Å². The van der Waals surface area contributed by atoms with E-state index in [1.165, 1.54) is 27.1 Å². The number of hydrogen-bond donors (Lipinski definition) is 0. The predicted molar refractivity (Wildman–Crippen MR) is 192 cm³/mol. The average molecular weight is 586 g/mol. The van der Waals surface area contributed by atoms with E-state index in [-0.39, 0.29) is 0 Å². The molecule has 0 unspecified atom stereocenters. The molecule has 0 atom stereocenters. The molecule has 0 saturated carbocycles. The summed E-state index contributed by atoms with van der Waals surface area (Å²) < 4.78 is 0. The van der Waals surface area contributed by atoms with E-state index in [1.54, 1.807) is 0 Å². The van der Waals surface area contributed by atoms with Gasteiger partial charge in [-0.3, -0.25) is 0 Å². The van der Waals surface area contributed by atoms with Gasteiger partial charge < -0.3 is 0 Å². The molecule has 9 rings (SSSR count). The quantitative estimate of drug-likeness (QED) is 0.193. The fraction of sp³-hybridized carbons (Fsp3) is 0. The minimum Gasteiger partial charge on any atom is -0.208 e. The Morgan fingerprint density at radius 2 is 0.717 bits per heavy atom. The molecule has 0 fully saturated rings. The van der Waals surface area contributed by atoms with Crippen molar-refractivity contribution in [1.29, 1.82) is 0 Å². The lowest BCUT2D eigenvalue weighted by Crippen LogP contribution is -2.01. The van der Waals surface area contributed by atoms with Crippen LogP contribution in [0.25, 0.3) is 88.4 Å². The molecule has 214 valence electrons. The highest BCUT2D eigenvalue weighted by molar-refractivity contribution is 6.13. The summed E-state index contributed by atoms with van der Waals surface area (Å²) in [6.45, 7) is 0. The Bertz CT molecular complexity index is 2570. The highest BCUT2D eigenvalue weighted by atomic mass is 15.0. The molecule has 0 aliphatic carbocycles. The predicted octanol–water partition coefficient (Wildman–Crippen LogP) is 11.2. The number of aromatic nitrogens is 3. The fourth-order valence-electron chi connectivity index (χ4n) is 6.68. The van der Waals surface area contributed by atoms with Crippen molar-refractivity contribution in [3.63, 3.8) is 0 Å².